The van der Waals surface area contributed by atoms with Crippen molar-refractivity contribution >= 4 is 5.96 Å². The lowest BCUT2D eigenvalue weighted by molar-refractivity contribution is 0.425. The smallest absolute Gasteiger partial charge is 0.207 e. The molecule has 0 aromatic rings. The van der Waals surface area contributed by atoms with E-state index in [0.717, 1.165) is 25.9 Å². The number of nitrogens with two attached hydrogens (primary N) is 2. The minimum atomic E-state index is 0.0258. The zero-order chi connectivity index (χ0) is 11.0. The van der Waals surface area contributed by atoms with E-state index in [4.69, 9.17) is 11.6 Å². The van der Waals surface area contributed by atoms with Gasteiger partial charge in [0.1, 0.15) is 6.17 Å². The Morgan fingerprint density at radius 3 is 2.57 bits per heavy atom. The first-order valence-electron chi connectivity index (χ1n) is 5.20. The molecular weight excluding hydrogens is 178 g/mol. The first-order chi connectivity index (χ1) is 6.61. The Bertz CT molecular complexity index is 169. The fraction of sp³-hybridized carbons (Fsp3) is 0.889. The molecule has 5 heteroatoms. The fourth-order valence-electron chi connectivity index (χ4n) is 1.03. The molecular formula is C9H23N5. The Balaban J connectivity index is 3.93. The maximum atomic E-state index is 5.69. The summed E-state index contributed by atoms with van der Waals surface area (Å²) in [5.41, 5.74) is 5.69. The number of hydrazine groups is 1. The third kappa shape index (κ3) is 5.77. The SMILES string of the molecule is CCCNC(C)N=C(N)N(N)CCC. The summed E-state index contributed by atoms with van der Waals surface area (Å²) < 4.78 is 0. The fourth-order valence-corrected chi connectivity index (χ4v) is 1.03. The molecule has 0 saturated carbocycles. The summed E-state index contributed by atoms with van der Waals surface area (Å²) in [6.45, 7) is 7.79. The standard InChI is InChI=1S/C9H23N5/c1-4-6-12-8(3)13-9(10)14(11)7-5-2/h8,12H,4-7,11H2,1-3H3,(H2,10,13). The highest BCUT2D eigenvalue weighted by atomic mass is 15.5. The van der Waals surface area contributed by atoms with E-state index in [1.54, 1.807) is 0 Å². The molecule has 0 amide bonds. The second-order valence-corrected chi connectivity index (χ2v) is 3.31. The maximum Gasteiger partial charge on any atom is 0.207 e. The molecule has 14 heavy (non-hydrogen) atoms. The van der Waals surface area contributed by atoms with Gasteiger partial charge in [0.2, 0.25) is 5.96 Å². The van der Waals surface area contributed by atoms with Crippen LogP contribution in [0.1, 0.15) is 33.6 Å². The molecule has 1 atom stereocenters. The summed E-state index contributed by atoms with van der Waals surface area (Å²) in [7, 11) is 0. The first-order valence-corrected chi connectivity index (χ1v) is 5.20. The number of rotatable bonds is 6. The molecule has 5 nitrogen and oxygen atoms in total. The van der Waals surface area contributed by atoms with Crippen LogP contribution >= 0.6 is 0 Å². The summed E-state index contributed by atoms with van der Waals surface area (Å²) in [6, 6.07) is 0. The van der Waals surface area contributed by atoms with Gasteiger partial charge >= 0.3 is 0 Å². The Morgan fingerprint density at radius 1 is 1.43 bits per heavy atom. The molecule has 0 aliphatic carbocycles. The Hall–Kier alpha value is -0.810. The summed E-state index contributed by atoms with van der Waals surface area (Å²) in [5, 5.41) is 4.69. The molecule has 0 aromatic carbocycles. The number of hydrogen-bond acceptors (Lipinski definition) is 3. The van der Waals surface area contributed by atoms with E-state index in [2.05, 4.69) is 17.2 Å². The van der Waals surface area contributed by atoms with Crippen molar-refractivity contribution in [3.8, 4) is 0 Å². The van der Waals surface area contributed by atoms with Gasteiger partial charge in [-0.1, -0.05) is 13.8 Å². The molecule has 0 radical (unpaired) electrons. The van der Waals surface area contributed by atoms with Crippen LogP contribution in [0, 0.1) is 0 Å². The molecule has 0 aliphatic rings. The van der Waals surface area contributed by atoms with E-state index in [-0.39, 0.29) is 6.17 Å². The van der Waals surface area contributed by atoms with E-state index >= 15 is 0 Å². The predicted octanol–water partition coefficient (Wildman–Crippen LogP) is 0.232. The van der Waals surface area contributed by atoms with Crippen LogP contribution in [0.25, 0.3) is 0 Å². The van der Waals surface area contributed by atoms with E-state index in [0.29, 0.717) is 5.96 Å². The van der Waals surface area contributed by atoms with Crippen molar-refractivity contribution in [1.82, 2.24) is 10.3 Å². The number of nitrogens with one attached hydrogen (secondary N) is 1. The van der Waals surface area contributed by atoms with E-state index < -0.39 is 0 Å². The van der Waals surface area contributed by atoms with Crippen LogP contribution in [0.2, 0.25) is 0 Å². The van der Waals surface area contributed by atoms with Crippen molar-refractivity contribution in [2.45, 2.75) is 39.8 Å². The minimum absolute atomic E-state index is 0.0258. The third-order valence-electron chi connectivity index (χ3n) is 1.77. The van der Waals surface area contributed by atoms with Gasteiger partial charge in [0, 0.05) is 6.54 Å². The van der Waals surface area contributed by atoms with Gasteiger partial charge in [-0.15, -0.1) is 0 Å². The van der Waals surface area contributed by atoms with Crippen LogP contribution in [0.3, 0.4) is 0 Å². The summed E-state index contributed by atoms with van der Waals surface area (Å²) >= 11 is 0. The lowest BCUT2D eigenvalue weighted by Crippen LogP contribution is -2.44. The van der Waals surface area contributed by atoms with Gasteiger partial charge in [0.25, 0.3) is 0 Å². The van der Waals surface area contributed by atoms with Crippen LogP contribution in [-0.4, -0.2) is 30.2 Å². The average Bonchev–Trinajstić information content (AvgIpc) is 2.15. The number of hydrogen-bond donors (Lipinski definition) is 3. The zero-order valence-electron chi connectivity index (χ0n) is 9.45. The molecule has 0 aliphatic heterocycles. The van der Waals surface area contributed by atoms with E-state index in [9.17, 15) is 0 Å². The van der Waals surface area contributed by atoms with Crippen molar-refractivity contribution in [3.63, 3.8) is 0 Å². The van der Waals surface area contributed by atoms with Crippen LogP contribution < -0.4 is 16.9 Å². The van der Waals surface area contributed by atoms with Gasteiger partial charge in [-0.3, -0.25) is 10.3 Å². The highest BCUT2D eigenvalue weighted by Crippen LogP contribution is 1.88. The average molecular weight is 201 g/mol. The van der Waals surface area contributed by atoms with E-state index in [1.807, 2.05) is 13.8 Å². The van der Waals surface area contributed by atoms with Crippen molar-refractivity contribution in [3.05, 3.63) is 0 Å². The second-order valence-electron chi connectivity index (χ2n) is 3.31. The van der Waals surface area contributed by atoms with Crippen LogP contribution in [0.15, 0.2) is 4.99 Å². The summed E-state index contributed by atoms with van der Waals surface area (Å²) in [4.78, 5) is 4.22. The Labute approximate surface area is 86.5 Å². The molecule has 5 N–H and O–H groups in total. The van der Waals surface area contributed by atoms with Crippen molar-refractivity contribution in [1.29, 1.82) is 0 Å². The highest BCUT2D eigenvalue weighted by molar-refractivity contribution is 5.77. The van der Waals surface area contributed by atoms with Gasteiger partial charge in [-0.2, -0.15) is 0 Å². The monoisotopic (exact) mass is 201 g/mol. The maximum absolute atomic E-state index is 5.69. The molecule has 0 bridgehead atoms. The minimum Gasteiger partial charge on any atom is -0.369 e. The van der Waals surface area contributed by atoms with Crippen LogP contribution in [0.5, 0.6) is 0 Å². The van der Waals surface area contributed by atoms with Crippen molar-refractivity contribution in [2.24, 2.45) is 16.6 Å². The highest BCUT2D eigenvalue weighted by Gasteiger charge is 2.03. The quantitative estimate of drug-likeness (QED) is 0.249. The number of guanidine groups is 1. The second kappa shape index (κ2) is 7.58. The molecule has 0 spiro atoms. The number of nitrogens with zero attached hydrogens (tertiary/aromatic N) is 2. The molecule has 84 valence electrons. The Kier molecular flexibility index (Phi) is 7.14. The van der Waals surface area contributed by atoms with Crippen LogP contribution in [0.4, 0.5) is 0 Å². The summed E-state index contributed by atoms with van der Waals surface area (Å²) in [6.07, 6.45) is 2.07. The van der Waals surface area contributed by atoms with Gasteiger partial charge in [-0.25, -0.2) is 10.8 Å². The van der Waals surface area contributed by atoms with Crippen molar-refractivity contribution in [2.75, 3.05) is 13.1 Å². The van der Waals surface area contributed by atoms with Crippen molar-refractivity contribution < 1.29 is 0 Å². The zero-order valence-corrected chi connectivity index (χ0v) is 9.45. The largest absolute Gasteiger partial charge is 0.369 e. The molecule has 0 saturated heterocycles. The van der Waals surface area contributed by atoms with Gasteiger partial charge in [0.05, 0.1) is 0 Å². The lowest BCUT2D eigenvalue weighted by atomic mass is 10.4. The molecule has 0 heterocycles. The normalized spacial score (nSPS) is 14.1. The first kappa shape index (κ1) is 13.2. The Morgan fingerprint density at radius 2 is 2.07 bits per heavy atom. The molecule has 0 fully saturated rings. The van der Waals surface area contributed by atoms with Gasteiger partial charge < -0.3 is 5.73 Å². The van der Waals surface area contributed by atoms with Crippen LogP contribution in [-0.2, 0) is 0 Å². The third-order valence-corrected chi connectivity index (χ3v) is 1.77. The van der Waals surface area contributed by atoms with Gasteiger partial charge in [0.15, 0.2) is 0 Å². The lowest BCUT2D eigenvalue weighted by Gasteiger charge is -2.18. The topological polar surface area (TPSA) is 79.7 Å². The predicted molar refractivity (Wildman–Crippen MR) is 60.6 cm³/mol. The van der Waals surface area contributed by atoms with E-state index in [1.165, 1.54) is 5.01 Å². The molecule has 1 unspecified atom stereocenters. The molecule has 0 rings (SSSR count). The molecule has 0 aromatic heterocycles. The van der Waals surface area contributed by atoms with Gasteiger partial charge in [-0.05, 0) is 26.3 Å². The summed E-state index contributed by atoms with van der Waals surface area (Å²) in [5.74, 6) is 6.05. The number of aliphatic imine (C=N–C) groups is 1.